The van der Waals surface area contributed by atoms with Crippen molar-refractivity contribution in [1.82, 2.24) is 9.97 Å². The van der Waals surface area contributed by atoms with E-state index in [0.29, 0.717) is 18.0 Å². The number of aromatic nitrogens is 2. The van der Waals surface area contributed by atoms with E-state index in [1.165, 1.54) is 0 Å². The van der Waals surface area contributed by atoms with Crippen LogP contribution in [-0.4, -0.2) is 21.9 Å². The summed E-state index contributed by atoms with van der Waals surface area (Å²) in [5.41, 5.74) is 0.706. The zero-order valence-electron chi connectivity index (χ0n) is 8.48. The third kappa shape index (κ3) is 3.94. The largest absolute Gasteiger partial charge is 0.358 e. The molecule has 0 saturated carbocycles. The number of aryl methyl sites for hydroxylation is 1. The van der Waals surface area contributed by atoms with Crippen LogP contribution in [0.2, 0.25) is 0 Å². The molecular formula is C10H12BrN3O. The van der Waals surface area contributed by atoms with Gasteiger partial charge in [-0.3, -0.25) is 0 Å². The van der Waals surface area contributed by atoms with Crippen LogP contribution in [0.15, 0.2) is 12.4 Å². The first kappa shape index (κ1) is 12.1. The zero-order chi connectivity index (χ0) is 11.1. The molecule has 1 aromatic heterocycles. The number of hydrogen-bond acceptors (Lipinski definition) is 4. The molecule has 0 aliphatic heterocycles. The summed E-state index contributed by atoms with van der Waals surface area (Å²) in [4.78, 5) is 8.05. The molecule has 1 heterocycles. The Bertz CT molecular complexity index is 334. The molecule has 0 amide bonds. The van der Waals surface area contributed by atoms with Crippen molar-refractivity contribution in [1.29, 1.82) is 5.26 Å². The molecule has 0 bridgehead atoms. The number of nitrogens with zero attached hydrogens (tertiary/aromatic N) is 3. The molecule has 0 radical (unpaired) electrons. The number of halogens is 1. The molecule has 0 aliphatic rings. The van der Waals surface area contributed by atoms with Crippen LogP contribution in [0.4, 0.5) is 0 Å². The Labute approximate surface area is 97.4 Å². The Hall–Kier alpha value is -0.990. The monoisotopic (exact) mass is 269 g/mol. The fourth-order valence-electron chi connectivity index (χ4n) is 1.00. The molecule has 0 spiro atoms. The molecule has 5 heteroatoms. The summed E-state index contributed by atoms with van der Waals surface area (Å²) in [5, 5.41) is 9.78. The number of ether oxygens (including phenoxy) is 1. The third-order valence-electron chi connectivity index (χ3n) is 1.78. The highest BCUT2D eigenvalue weighted by Gasteiger charge is 2.11. The van der Waals surface area contributed by atoms with E-state index in [0.717, 1.165) is 11.8 Å². The van der Waals surface area contributed by atoms with Crippen molar-refractivity contribution in [3.63, 3.8) is 0 Å². The Morgan fingerprint density at radius 1 is 1.53 bits per heavy atom. The maximum absolute atomic E-state index is 8.91. The molecule has 15 heavy (non-hydrogen) atoms. The van der Waals surface area contributed by atoms with Gasteiger partial charge in [0.05, 0.1) is 6.07 Å². The summed E-state index contributed by atoms with van der Waals surface area (Å²) in [7, 11) is 0. The molecule has 1 rings (SSSR count). The molecule has 0 N–H and O–H groups in total. The van der Waals surface area contributed by atoms with Crippen LogP contribution >= 0.6 is 15.9 Å². The lowest BCUT2D eigenvalue weighted by atomic mass is 10.2. The molecule has 0 saturated heterocycles. The molecule has 0 aliphatic carbocycles. The van der Waals surface area contributed by atoms with Gasteiger partial charge in [0.15, 0.2) is 6.10 Å². The van der Waals surface area contributed by atoms with Crippen molar-refractivity contribution in [3.8, 4) is 6.07 Å². The van der Waals surface area contributed by atoms with Crippen molar-refractivity contribution >= 4 is 15.9 Å². The SMILES string of the molecule is Cc1ncc([C@H](C#N)OCCCBr)cn1. The predicted molar refractivity (Wildman–Crippen MR) is 59.5 cm³/mol. The zero-order valence-corrected chi connectivity index (χ0v) is 10.1. The Morgan fingerprint density at radius 3 is 2.73 bits per heavy atom. The van der Waals surface area contributed by atoms with Gasteiger partial charge in [-0.05, 0) is 13.3 Å². The lowest BCUT2D eigenvalue weighted by Crippen LogP contribution is -2.05. The van der Waals surface area contributed by atoms with Gasteiger partial charge < -0.3 is 4.74 Å². The number of alkyl halides is 1. The summed E-state index contributed by atoms with van der Waals surface area (Å²) >= 11 is 3.30. The predicted octanol–water partition coefficient (Wildman–Crippen LogP) is 2.15. The minimum Gasteiger partial charge on any atom is -0.358 e. The van der Waals surface area contributed by atoms with E-state index in [1.54, 1.807) is 19.3 Å². The summed E-state index contributed by atoms with van der Waals surface area (Å²) in [6.07, 6.45) is 3.57. The second kappa shape index (κ2) is 6.49. The van der Waals surface area contributed by atoms with Gasteiger partial charge in [0.1, 0.15) is 5.82 Å². The van der Waals surface area contributed by atoms with E-state index in [4.69, 9.17) is 10.00 Å². The second-order valence-electron chi connectivity index (χ2n) is 2.99. The minimum absolute atomic E-state index is 0.553. The van der Waals surface area contributed by atoms with Gasteiger partial charge in [-0.15, -0.1) is 0 Å². The van der Waals surface area contributed by atoms with Crippen LogP contribution in [0, 0.1) is 18.3 Å². The number of rotatable bonds is 5. The molecule has 0 unspecified atom stereocenters. The highest BCUT2D eigenvalue weighted by Crippen LogP contribution is 2.14. The molecule has 0 fully saturated rings. The highest BCUT2D eigenvalue weighted by molar-refractivity contribution is 9.09. The first-order valence-corrected chi connectivity index (χ1v) is 5.76. The van der Waals surface area contributed by atoms with E-state index in [2.05, 4.69) is 32.0 Å². The Balaban J connectivity index is 2.59. The highest BCUT2D eigenvalue weighted by atomic mass is 79.9. The van der Waals surface area contributed by atoms with Crippen molar-refractivity contribution < 1.29 is 4.74 Å². The molecular weight excluding hydrogens is 258 g/mol. The van der Waals surface area contributed by atoms with E-state index in [1.807, 2.05) is 0 Å². The third-order valence-corrected chi connectivity index (χ3v) is 2.34. The van der Waals surface area contributed by atoms with Crippen LogP contribution < -0.4 is 0 Å². The van der Waals surface area contributed by atoms with Gasteiger partial charge in [0, 0.05) is 29.9 Å². The summed E-state index contributed by atoms with van der Waals surface area (Å²) in [6, 6.07) is 2.08. The van der Waals surface area contributed by atoms with Gasteiger partial charge >= 0.3 is 0 Å². The normalized spacial score (nSPS) is 12.1. The summed E-state index contributed by atoms with van der Waals surface area (Å²) < 4.78 is 5.39. The molecule has 1 atom stereocenters. The first-order chi connectivity index (χ1) is 7.27. The fourth-order valence-corrected chi connectivity index (χ4v) is 1.23. The molecule has 0 aromatic carbocycles. The van der Waals surface area contributed by atoms with Gasteiger partial charge in [0.2, 0.25) is 0 Å². The van der Waals surface area contributed by atoms with Crippen LogP contribution in [0.1, 0.15) is 23.9 Å². The lowest BCUT2D eigenvalue weighted by Gasteiger charge is -2.09. The molecule has 4 nitrogen and oxygen atoms in total. The van der Waals surface area contributed by atoms with E-state index < -0.39 is 6.10 Å². The Morgan fingerprint density at radius 2 is 2.20 bits per heavy atom. The van der Waals surface area contributed by atoms with Crippen molar-refractivity contribution in [2.45, 2.75) is 19.4 Å². The van der Waals surface area contributed by atoms with Gasteiger partial charge in [-0.2, -0.15) is 5.26 Å². The average molecular weight is 270 g/mol. The van der Waals surface area contributed by atoms with E-state index >= 15 is 0 Å². The van der Waals surface area contributed by atoms with Crippen molar-refractivity contribution in [2.75, 3.05) is 11.9 Å². The van der Waals surface area contributed by atoms with E-state index in [9.17, 15) is 0 Å². The molecule has 1 aromatic rings. The fraction of sp³-hybridized carbons (Fsp3) is 0.500. The second-order valence-corrected chi connectivity index (χ2v) is 3.78. The number of nitriles is 1. The lowest BCUT2D eigenvalue weighted by molar-refractivity contribution is 0.0910. The first-order valence-electron chi connectivity index (χ1n) is 4.63. The van der Waals surface area contributed by atoms with E-state index in [-0.39, 0.29) is 0 Å². The topological polar surface area (TPSA) is 58.8 Å². The van der Waals surface area contributed by atoms with Crippen LogP contribution in [0.5, 0.6) is 0 Å². The standard InChI is InChI=1S/C10H12BrN3O/c1-8-13-6-9(7-14-8)10(5-12)15-4-2-3-11/h6-7,10H,2-4H2,1H3/t10-/m0/s1. The maximum Gasteiger partial charge on any atom is 0.172 e. The van der Waals surface area contributed by atoms with Crippen molar-refractivity contribution in [3.05, 3.63) is 23.8 Å². The van der Waals surface area contributed by atoms with Crippen LogP contribution in [0.25, 0.3) is 0 Å². The number of hydrogen-bond donors (Lipinski definition) is 0. The van der Waals surface area contributed by atoms with Gasteiger partial charge in [-0.25, -0.2) is 9.97 Å². The average Bonchev–Trinajstić information content (AvgIpc) is 2.26. The minimum atomic E-state index is -0.565. The van der Waals surface area contributed by atoms with Crippen molar-refractivity contribution in [2.24, 2.45) is 0 Å². The quantitative estimate of drug-likeness (QED) is 0.607. The molecule has 80 valence electrons. The summed E-state index contributed by atoms with van der Waals surface area (Å²) in [6.45, 7) is 2.36. The van der Waals surface area contributed by atoms with Gasteiger partial charge in [-0.1, -0.05) is 15.9 Å². The van der Waals surface area contributed by atoms with Crippen LogP contribution in [0.3, 0.4) is 0 Å². The smallest absolute Gasteiger partial charge is 0.172 e. The maximum atomic E-state index is 8.91. The Kier molecular flexibility index (Phi) is 5.22. The van der Waals surface area contributed by atoms with Crippen LogP contribution in [-0.2, 0) is 4.74 Å². The summed E-state index contributed by atoms with van der Waals surface area (Å²) in [5.74, 6) is 0.691. The van der Waals surface area contributed by atoms with Gasteiger partial charge in [0.25, 0.3) is 0 Å².